The van der Waals surface area contributed by atoms with Crippen LogP contribution in [0.1, 0.15) is 21.5 Å². The lowest BCUT2D eigenvalue weighted by molar-refractivity contribution is -0.137. The van der Waals surface area contributed by atoms with E-state index in [0.717, 1.165) is 11.6 Å². The van der Waals surface area contributed by atoms with E-state index in [0.29, 0.717) is 12.6 Å². The number of carbonyl (C=O) groups is 2. The van der Waals surface area contributed by atoms with Crippen LogP contribution in [0.15, 0.2) is 60.9 Å². The van der Waals surface area contributed by atoms with Gasteiger partial charge in [0, 0.05) is 18.1 Å². The van der Waals surface area contributed by atoms with Crippen LogP contribution in [-0.4, -0.2) is 28.3 Å². The Kier molecular flexibility index (Phi) is 6.41. The maximum atomic E-state index is 12.9. The van der Waals surface area contributed by atoms with Crippen molar-refractivity contribution in [2.45, 2.75) is 12.7 Å². The molecule has 6 nitrogen and oxygen atoms in total. The number of hydrogen-bond acceptors (Lipinski definition) is 4. The van der Waals surface area contributed by atoms with Gasteiger partial charge >= 0.3 is 12.1 Å². The molecule has 0 fully saturated rings. The van der Waals surface area contributed by atoms with Crippen molar-refractivity contribution in [1.82, 2.24) is 9.78 Å². The quantitative estimate of drug-likeness (QED) is 0.580. The maximum absolute atomic E-state index is 12.9. The van der Waals surface area contributed by atoms with Crippen molar-refractivity contribution in [1.29, 1.82) is 0 Å². The summed E-state index contributed by atoms with van der Waals surface area (Å²) in [6.07, 6.45) is -1.20. The molecule has 1 N–H and O–H groups in total. The van der Waals surface area contributed by atoms with Gasteiger partial charge in [0.25, 0.3) is 5.91 Å². The number of halogens is 4. The van der Waals surface area contributed by atoms with Crippen LogP contribution in [-0.2, 0) is 22.3 Å². The highest BCUT2D eigenvalue weighted by molar-refractivity contribution is 6.31. The van der Waals surface area contributed by atoms with Crippen molar-refractivity contribution >= 4 is 29.2 Å². The summed E-state index contributed by atoms with van der Waals surface area (Å²) in [6, 6.07) is 11.3. The lowest BCUT2D eigenvalue weighted by Gasteiger charge is -2.12. The fourth-order valence-electron chi connectivity index (χ4n) is 2.56. The van der Waals surface area contributed by atoms with E-state index in [1.54, 1.807) is 47.4 Å². The van der Waals surface area contributed by atoms with Crippen LogP contribution in [0.3, 0.4) is 0 Å². The Hall–Kier alpha value is -3.33. The summed E-state index contributed by atoms with van der Waals surface area (Å²) < 4.78 is 45.2. The fourth-order valence-corrected chi connectivity index (χ4v) is 2.78. The molecule has 0 bridgehead atoms. The van der Waals surface area contributed by atoms with E-state index >= 15 is 0 Å². The molecule has 1 aromatic heterocycles. The van der Waals surface area contributed by atoms with Crippen LogP contribution in [0, 0.1) is 0 Å². The topological polar surface area (TPSA) is 73.2 Å². The van der Waals surface area contributed by atoms with Crippen LogP contribution in [0.5, 0.6) is 0 Å². The number of nitrogens with one attached hydrogen (secondary N) is 1. The molecule has 156 valence electrons. The molecule has 0 aliphatic carbocycles. The van der Waals surface area contributed by atoms with Gasteiger partial charge in [-0.1, -0.05) is 23.7 Å². The molecule has 0 aliphatic heterocycles. The Labute approximate surface area is 174 Å². The molecule has 3 rings (SSSR count). The summed E-state index contributed by atoms with van der Waals surface area (Å²) in [4.78, 5) is 24.0. The molecule has 0 atom stereocenters. The summed E-state index contributed by atoms with van der Waals surface area (Å²) in [6.45, 7) is -0.121. The van der Waals surface area contributed by atoms with Gasteiger partial charge in [-0.25, -0.2) is 4.79 Å². The van der Waals surface area contributed by atoms with E-state index in [2.05, 4.69) is 10.4 Å². The Balaban J connectivity index is 1.54. The van der Waals surface area contributed by atoms with Crippen LogP contribution in [0.25, 0.3) is 0 Å². The first-order valence-corrected chi connectivity index (χ1v) is 9.00. The molecule has 3 aromatic rings. The number of anilines is 1. The second kappa shape index (κ2) is 9.00. The maximum Gasteiger partial charge on any atom is 0.417 e. The summed E-state index contributed by atoms with van der Waals surface area (Å²) in [5.41, 5.74) is -0.0426. The summed E-state index contributed by atoms with van der Waals surface area (Å²) in [5.74, 6) is -1.52. The third kappa shape index (κ3) is 5.60. The van der Waals surface area contributed by atoms with Crippen LogP contribution < -0.4 is 5.32 Å². The van der Waals surface area contributed by atoms with Gasteiger partial charge in [0.2, 0.25) is 0 Å². The number of rotatable bonds is 6. The minimum Gasteiger partial charge on any atom is -0.452 e. The zero-order chi connectivity index (χ0) is 21.7. The van der Waals surface area contributed by atoms with E-state index in [9.17, 15) is 22.8 Å². The van der Waals surface area contributed by atoms with Gasteiger partial charge in [-0.15, -0.1) is 0 Å². The van der Waals surface area contributed by atoms with E-state index < -0.39 is 35.2 Å². The number of ether oxygens (including phenoxy) is 1. The van der Waals surface area contributed by atoms with E-state index in [1.807, 2.05) is 0 Å². The van der Waals surface area contributed by atoms with E-state index in [-0.39, 0.29) is 11.3 Å². The largest absolute Gasteiger partial charge is 0.452 e. The smallest absolute Gasteiger partial charge is 0.417 e. The second-order valence-electron chi connectivity index (χ2n) is 6.22. The zero-order valence-corrected chi connectivity index (χ0v) is 16.1. The Bertz CT molecular complexity index is 1040. The molecule has 10 heteroatoms. The van der Waals surface area contributed by atoms with Crippen LogP contribution >= 0.6 is 11.6 Å². The molecule has 0 aliphatic rings. The highest BCUT2D eigenvalue weighted by atomic mass is 35.5. The standard InChI is InChI=1S/C20H15ClF3N3O3/c21-17-7-6-15(10-16(17)20(22,23)24)26-18(28)12-30-19(29)14-4-2-13(3-5-14)11-27-9-1-8-25-27/h1-10H,11-12H2,(H,26,28). The number of carbonyl (C=O) groups excluding carboxylic acids is 2. The predicted octanol–water partition coefficient (Wildman–Crippen LogP) is 4.40. The molecule has 1 heterocycles. The van der Waals surface area contributed by atoms with Crippen molar-refractivity contribution in [2.24, 2.45) is 0 Å². The van der Waals surface area contributed by atoms with Crippen molar-refractivity contribution in [3.63, 3.8) is 0 Å². The molecule has 0 unspecified atom stereocenters. The predicted molar refractivity (Wildman–Crippen MR) is 103 cm³/mol. The van der Waals surface area contributed by atoms with Crippen LogP contribution in [0.2, 0.25) is 5.02 Å². The lowest BCUT2D eigenvalue weighted by Crippen LogP contribution is -2.21. The number of alkyl halides is 3. The first-order valence-electron chi connectivity index (χ1n) is 8.62. The molecule has 0 saturated carbocycles. The number of hydrogen-bond donors (Lipinski definition) is 1. The average Bonchev–Trinajstić information content (AvgIpc) is 3.20. The normalized spacial score (nSPS) is 11.2. The Morgan fingerprint density at radius 3 is 2.50 bits per heavy atom. The zero-order valence-electron chi connectivity index (χ0n) is 15.3. The van der Waals surface area contributed by atoms with Crippen molar-refractivity contribution in [2.75, 3.05) is 11.9 Å². The third-order valence-electron chi connectivity index (χ3n) is 3.98. The van der Waals surface area contributed by atoms with Gasteiger partial charge < -0.3 is 10.1 Å². The minimum absolute atomic E-state index is 0.115. The van der Waals surface area contributed by atoms with Gasteiger partial charge in [-0.2, -0.15) is 18.3 Å². The van der Waals surface area contributed by atoms with Gasteiger partial charge in [0.05, 0.1) is 22.7 Å². The molecule has 0 radical (unpaired) electrons. The monoisotopic (exact) mass is 437 g/mol. The molecule has 0 spiro atoms. The van der Waals surface area contributed by atoms with Crippen molar-refractivity contribution < 1.29 is 27.5 Å². The minimum atomic E-state index is -4.66. The molecule has 30 heavy (non-hydrogen) atoms. The highest BCUT2D eigenvalue weighted by Gasteiger charge is 2.33. The number of esters is 1. The summed E-state index contributed by atoms with van der Waals surface area (Å²) >= 11 is 5.53. The van der Waals surface area contributed by atoms with Gasteiger partial charge in [0.15, 0.2) is 6.61 Å². The number of aromatic nitrogens is 2. The van der Waals surface area contributed by atoms with E-state index in [4.69, 9.17) is 16.3 Å². The number of nitrogens with zero attached hydrogens (tertiary/aromatic N) is 2. The van der Waals surface area contributed by atoms with Gasteiger partial charge in [-0.3, -0.25) is 9.48 Å². The van der Waals surface area contributed by atoms with E-state index in [1.165, 1.54) is 6.07 Å². The van der Waals surface area contributed by atoms with Gasteiger partial charge in [0.1, 0.15) is 0 Å². The third-order valence-corrected chi connectivity index (χ3v) is 4.31. The SMILES string of the molecule is O=C(COC(=O)c1ccc(Cn2cccn2)cc1)Nc1ccc(Cl)c(C(F)(F)F)c1. The fraction of sp³-hybridized carbons (Fsp3) is 0.150. The molecule has 0 saturated heterocycles. The van der Waals surface area contributed by atoms with Crippen LogP contribution in [0.4, 0.5) is 18.9 Å². The molecule has 2 aromatic carbocycles. The Morgan fingerprint density at radius 1 is 1.13 bits per heavy atom. The number of amides is 1. The lowest BCUT2D eigenvalue weighted by atomic mass is 10.1. The van der Waals surface area contributed by atoms with Crippen molar-refractivity contribution in [3.05, 3.63) is 82.6 Å². The first kappa shape index (κ1) is 21.4. The Morgan fingerprint density at radius 2 is 1.87 bits per heavy atom. The summed E-state index contributed by atoms with van der Waals surface area (Å²) in [5, 5.41) is 5.84. The van der Waals surface area contributed by atoms with Crippen molar-refractivity contribution in [3.8, 4) is 0 Å². The number of benzene rings is 2. The summed E-state index contributed by atoms with van der Waals surface area (Å²) in [7, 11) is 0. The highest BCUT2D eigenvalue weighted by Crippen LogP contribution is 2.36. The second-order valence-corrected chi connectivity index (χ2v) is 6.62. The molecule has 1 amide bonds. The molecular weight excluding hydrogens is 423 g/mol. The molecular formula is C20H15ClF3N3O3. The van der Waals surface area contributed by atoms with Gasteiger partial charge in [-0.05, 0) is 42.0 Å². The first-order chi connectivity index (χ1) is 14.2. The average molecular weight is 438 g/mol.